The first-order chi connectivity index (χ1) is 22.3. The van der Waals surface area contributed by atoms with Gasteiger partial charge < -0.3 is 14.8 Å². The Morgan fingerprint density at radius 1 is 1.17 bits per heavy atom. The Morgan fingerprint density at radius 2 is 2.00 bits per heavy atom. The zero-order valence-electron chi connectivity index (χ0n) is 25.6. The second kappa shape index (κ2) is 9.46. The molecule has 3 aliphatic heterocycles. The highest BCUT2D eigenvalue weighted by molar-refractivity contribution is 6.43. The quantitative estimate of drug-likeness (QED) is 0.228. The summed E-state index contributed by atoms with van der Waals surface area (Å²) in [5.74, 6) is 1.72. The van der Waals surface area contributed by atoms with Crippen molar-refractivity contribution in [3.63, 3.8) is 0 Å². The van der Waals surface area contributed by atoms with Crippen molar-refractivity contribution in [2.75, 3.05) is 6.54 Å². The molecule has 3 saturated heterocycles. The van der Waals surface area contributed by atoms with Crippen LogP contribution in [0.4, 0.5) is 4.39 Å². The van der Waals surface area contributed by atoms with Crippen LogP contribution in [0.5, 0.6) is 0 Å². The van der Waals surface area contributed by atoms with Crippen LogP contribution in [0.15, 0.2) is 30.3 Å². The van der Waals surface area contributed by atoms with E-state index in [0.29, 0.717) is 57.8 Å². The molecule has 5 atom stereocenters. The number of benzene rings is 2. The van der Waals surface area contributed by atoms with Crippen LogP contribution in [0.1, 0.15) is 74.0 Å². The normalized spacial score (nSPS) is 31.8. The fourth-order valence-corrected chi connectivity index (χ4v) is 10.9. The number of likely N-dealkylation sites (tertiary alicyclic amines) is 1. The molecule has 8 aliphatic rings. The topological polar surface area (TPSA) is 74.0 Å². The van der Waals surface area contributed by atoms with E-state index < -0.39 is 5.82 Å². The number of pyridine rings is 1. The minimum absolute atomic E-state index is 0.0227. The molecule has 5 bridgehead atoms. The molecule has 5 heterocycles. The highest BCUT2D eigenvalue weighted by Gasteiger charge is 2.71. The first-order valence-electron chi connectivity index (χ1n) is 16.8. The summed E-state index contributed by atoms with van der Waals surface area (Å²) in [5, 5.41) is 15.7. The molecule has 2 aromatic heterocycles. The van der Waals surface area contributed by atoms with Crippen LogP contribution in [0.2, 0.25) is 10.0 Å². The summed E-state index contributed by atoms with van der Waals surface area (Å²) < 4.78 is 19.6. The molecule has 46 heavy (non-hydrogen) atoms. The largest absolute Gasteiger partial charge is 0.337 e. The molecule has 234 valence electrons. The molecule has 0 unspecified atom stereocenters. The molecule has 1 amide bonds. The number of nitrogens with one attached hydrogen (secondary N) is 1. The molecule has 8 fully saturated rings. The number of fused-ring (bicyclic) bond motifs is 4. The summed E-state index contributed by atoms with van der Waals surface area (Å²) in [6.45, 7) is 2.95. The van der Waals surface area contributed by atoms with E-state index >= 15 is 4.39 Å². The number of hydrogen-bond donors (Lipinski definition) is 1. The minimum atomic E-state index is -0.436. The summed E-state index contributed by atoms with van der Waals surface area (Å²) in [6.07, 6.45) is 7.16. The number of halogens is 3. The highest BCUT2D eigenvalue weighted by atomic mass is 35.5. The lowest BCUT2D eigenvalue weighted by molar-refractivity contribution is -0.151. The monoisotopic (exact) mass is 653 g/mol. The molecule has 6 nitrogen and oxygen atoms in total. The molecule has 1 N–H and O–H groups in total. The predicted molar refractivity (Wildman–Crippen MR) is 176 cm³/mol. The number of carbonyl (C=O) groups excluding carboxylic acids is 1. The molecule has 1 spiro atoms. The van der Waals surface area contributed by atoms with Gasteiger partial charge in [-0.2, -0.15) is 5.26 Å². The van der Waals surface area contributed by atoms with Crippen LogP contribution in [0.25, 0.3) is 32.9 Å². The number of aryl methyl sites for hydroxylation is 2. The SMILES string of the molecule is Cc1nc2c(F)c(-c3cccc(Cl)c3Cl)c(CCC#N)cc2c2c1cc([C@H]1[C@H]3CC4(CC3C4)N1C(=O)C1CC1)n2[C@H]1[C@H]2CN[C@@H]1C2. The van der Waals surface area contributed by atoms with Gasteiger partial charge in [0.05, 0.1) is 33.7 Å². The minimum Gasteiger partial charge on any atom is -0.337 e. The van der Waals surface area contributed by atoms with Gasteiger partial charge in [0.25, 0.3) is 0 Å². The summed E-state index contributed by atoms with van der Waals surface area (Å²) in [7, 11) is 0. The van der Waals surface area contributed by atoms with E-state index in [0.717, 1.165) is 72.6 Å². The smallest absolute Gasteiger partial charge is 0.226 e. The third kappa shape index (κ3) is 3.51. The number of carbonyl (C=O) groups is 1. The standard InChI is InChI=1S/C37H34Cl2FN5O/c1-17-23-12-28(35-25-15-37(13-21(25)14-37)45(35)36(46)18-7-8-18)44(33-20-11-27(33)42-16-20)34(23)24-10-19(4-3-9-41)29(31(40)32(24)43-17)22-5-2-6-26(38)30(22)39/h2,5-6,10,12,18,20-21,25,27,33,35,42H,3-4,7-8,11,13-16H2,1H3/t20-,21?,25+,27-,33+,35-,37?/m1/s1. The van der Waals surface area contributed by atoms with Gasteiger partial charge in [0.1, 0.15) is 5.52 Å². The number of piperidine rings is 2. The summed E-state index contributed by atoms with van der Waals surface area (Å²) in [5.41, 5.74) is 4.91. The summed E-state index contributed by atoms with van der Waals surface area (Å²) in [4.78, 5) is 21.3. The second-order valence-electron chi connectivity index (χ2n) is 15.0. The average molecular weight is 655 g/mol. The van der Waals surface area contributed by atoms with E-state index in [-0.39, 0.29) is 35.0 Å². The number of aromatic nitrogens is 2. The van der Waals surface area contributed by atoms with Gasteiger partial charge in [-0.25, -0.2) is 9.37 Å². The molecule has 4 aromatic rings. The Bertz CT molecular complexity index is 2060. The number of rotatable bonds is 6. The maximum atomic E-state index is 17.1. The Kier molecular flexibility index (Phi) is 5.74. The van der Waals surface area contributed by atoms with Crippen LogP contribution in [0.3, 0.4) is 0 Å². The third-order valence-corrected chi connectivity index (χ3v) is 13.4. The van der Waals surface area contributed by atoms with Crippen LogP contribution in [-0.2, 0) is 11.2 Å². The van der Waals surface area contributed by atoms with E-state index in [4.69, 9.17) is 28.2 Å². The van der Waals surface area contributed by atoms with Crippen molar-refractivity contribution in [3.05, 3.63) is 63.1 Å². The van der Waals surface area contributed by atoms with Crippen molar-refractivity contribution in [1.29, 1.82) is 5.26 Å². The first kappa shape index (κ1) is 27.9. The van der Waals surface area contributed by atoms with E-state index in [1.54, 1.807) is 18.2 Å². The van der Waals surface area contributed by atoms with Crippen molar-refractivity contribution in [3.8, 4) is 17.2 Å². The summed E-state index contributed by atoms with van der Waals surface area (Å²) in [6, 6.07) is 12.5. The van der Waals surface area contributed by atoms with Gasteiger partial charge in [-0.3, -0.25) is 4.79 Å². The zero-order valence-corrected chi connectivity index (χ0v) is 27.1. The van der Waals surface area contributed by atoms with Crippen molar-refractivity contribution in [2.45, 2.75) is 82.0 Å². The fraction of sp³-hybridized carbons (Fsp3) is 0.486. The van der Waals surface area contributed by atoms with Crippen LogP contribution >= 0.6 is 23.2 Å². The van der Waals surface area contributed by atoms with Crippen molar-refractivity contribution < 1.29 is 9.18 Å². The van der Waals surface area contributed by atoms with Crippen molar-refractivity contribution in [1.82, 2.24) is 19.8 Å². The highest BCUT2D eigenvalue weighted by Crippen LogP contribution is 2.71. The van der Waals surface area contributed by atoms with Crippen molar-refractivity contribution >= 4 is 50.9 Å². The van der Waals surface area contributed by atoms with E-state index in [2.05, 4.69) is 33.0 Å². The average Bonchev–Trinajstić information content (AvgIpc) is 3.51. The van der Waals surface area contributed by atoms with Gasteiger partial charge in [-0.1, -0.05) is 35.3 Å². The Morgan fingerprint density at radius 3 is 2.72 bits per heavy atom. The number of amides is 1. The molecular formula is C37H34Cl2FN5O. The number of nitrogens with zero attached hydrogens (tertiary/aromatic N) is 4. The van der Waals surface area contributed by atoms with Crippen LogP contribution < -0.4 is 5.32 Å². The molecule has 12 rings (SSSR count). The van der Waals surface area contributed by atoms with Crippen molar-refractivity contribution in [2.24, 2.45) is 23.7 Å². The van der Waals surface area contributed by atoms with Gasteiger partial charge in [-0.15, -0.1) is 0 Å². The van der Waals surface area contributed by atoms with E-state index in [1.165, 1.54) is 5.69 Å². The molecule has 9 heteroatoms. The molecule has 0 radical (unpaired) electrons. The lowest BCUT2D eigenvalue weighted by Gasteiger charge is -2.55. The maximum Gasteiger partial charge on any atom is 0.226 e. The first-order valence-corrected chi connectivity index (χ1v) is 17.6. The molecule has 5 saturated carbocycles. The molecule has 5 aliphatic carbocycles. The number of hydrogen-bond acceptors (Lipinski definition) is 4. The molecule has 2 aromatic carbocycles. The van der Waals surface area contributed by atoms with Crippen LogP contribution in [-0.4, -0.2) is 38.5 Å². The van der Waals surface area contributed by atoms with E-state index in [1.807, 2.05) is 6.92 Å². The van der Waals surface area contributed by atoms with Gasteiger partial charge >= 0.3 is 0 Å². The molecular weight excluding hydrogens is 620 g/mol. The third-order valence-electron chi connectivity index (χ3n) is 12.6. The van der Waals surface area contributed by atoms with Gasteiger partial charge in [0, 0.05) is 63.8 Å². The fourth-order valence-electron chi connectivity index (χ4n) is 10.5. The maximum absolute atomic E-state index is 17.1. The Labute approximate surface area is 276 Å². The second-order valence-corrected chi connectivity index (χ2v) is 15.8. The summed E-state index contributed by atoms with van der Waals surface area (Å²) >= 11 is 13.1. The Balaban J connectivity index is 1.26. The lowest BCUT2D eigenvalue weighted by Crippen LogP contribution is -2.59. The number of nitriles is 1. The van der Waals surface area contributed by atoms with Gasteiger partial charge in [0.2, 0.25) is 5.91 Å². The van der Waals surface area contributed by atoms with Gasteiger partial charge in [0.15, 0.2) is 5.82 Å². The zero-order chi connectivity index (χ0) is 31.2. The predicted octanol–water partition coefficient (Wildman–Crippen LogP) is 8.06. The Hall–Kier alpha value is -3.18. The van der Waals surface area contributed by atoms with E-state index in [9.17, 15) is 10.1 Å². The lowest BCUT2D eigenvalue weighted by atomic mass is 9.69. The van der Waals surface area contributed by atoms with Crippen LogP contribution in [0, 0.1) is 47.7 Å². The van der Waals surface area contributed by atoms with Gasteiger partial charge in [-0.05, 0) is 93.4 Å².